The second-order valence-electron chi connectivity index (χ2n) is 9.11. The lowest BCUT2D eigenvalue weighted by Crippen LogP contribution is -2.52. The van der Waals surface area contributed by atoms with E-state index >= 15 is 0 Å². The van der Waals surface area contributed by atoms with Crippen molar-refractivity contribution in [2.45, 2.75) is 19.4 Å². The van der Waals surface area contributed by atoms with Crippen LogP contribution in [-0.2, 0) is 10.3 Å². The van der Waals surface area contributed by atoms with E-state index in [1.807, 2.05) is 60.7 Å². The van der Waals surface area contributed by atoms with Gasteiger partial charge >= 0.3 is 6.03 Å². The number of benzene rings is 3. The van der Waals surface area contributed by atoms with Crippen molar-refractivity contribution in [3.8, 4) is 0 Å². The first-order valence-electron chi connectivity index (χ1n) is 11.8. The van der Waals surface area contributed by atoms with Crippen LogP contribution in [0.15, 0.2) is 78.9 Å². The molecular weight excluding hydrogens is 424 g/mol. The van der Waals surface area contributed by atoms with Crippen LogP contribution in [0.3, 0.4) is 0 Å². The number of hydrogen-bond acceptors (Lipinski definition) is 4. The van der Waals surface area contributed by atoms with Crippen LogP contribution in [-0.4, -0.2) is 54.6 Å². The standard InChI is InChI=1S/C28H30N4O2/c1-21-10-9-15-25(22(21)2)31-18-16-30(17-19-31)20-32-26(33)28(29-27(32)34,23-11-5-3-6-12-23)24-13-7-4-8-14-24/h3-15H,16-20H2,1-2H3,(H,29,34). The number of aryl methyl sites for hydroxylation is 1. The summed E-state index contributed by atoms with van der Waals surface area (Å²) in [6.45, 7) is 7.87. The number of imide groups is 1. The molecule has 0 aromatic heterocycles. The number of nitrogens with one attached hydrogen (secondary N) is 1. The molecule has 34 heavy (non-hydrogen) atoms. The zero-order valence-corrected chi connectivity index (χ0v) is 19.7. The predicted octanol–water partition coefficient (Wildman–Crippen LogP) is 3.88. The number of urea groups is 1. The largest absolute Gasteiger partial charge is 0.369 e. The van der Waals surface area contributed by atoms with Crippen LogP contribution in [0.1, 0.15) is 22.3 Å². The Morgan fingerprint density at radius 1 is 0.765 bits per heavy atom. The third-order valence-corrected chi connectivity index (χ3v) is 7.15. The first-order valence-corrected chi connectivity index (χ1v) is 11.8. The van der Waals surface area contributed by atoms with E-state index in [9.17, 15) is 9.59 Å². The van der Waals surface area contributed by atoms with Crippen molar-refractivity contribution in [2.24, 2.45) is 0 Å². The lowest BCUT2D eigenvalue weighted by atomic mass is 9.83. The van der Waals surface area contributed by atoms with Crippen LogP contribution in [0.5, 0.6) is 0 Å². The second-order valence-corrected chi connectivity index (χ2v) is 9.11. The van der Waals surface area contributed by atoms with Gasteiger partial charge in [-0.2, -0.15) is 0 Å². The van der Waals surface area contributed by atoms with E-state index in [-0.39, 0.29) is 18.6 Å². The van der Waals surface area contributed by atoms with E-state index in [4.69, 9.17) is 0 Å². The Balaban J connectivity index is 1.35. The van der Waals surface area contributed by atoms with Gasteiger partial charge in [-0.1, -0.05) is 72.8 Å². The first kappa shape index (κ1) is 22.2. The Labute approximate surface area is 200 Å². The first-order chi connectivity index (χ1) is 16.5. The summed E-state index contributed by atoms with van der Waals surface area (Å²) >= 11 is 0. The fourth-order valence-corrected chi connectivity index (χ4v) is 5.05. The maximum atomic E-state index is 13.9. The summed E-state index contributed by atoms with van der Waals surface area (Å²) in [6, 6.07) is 25.1. The molecule has 5 rings (SSSR count). The van der Waals surface area contributed by atoms with Gasteiger partial charge in [-0.05, 0) is 42.2 Å². The van der Waals surface area contributed by atoms with E-state index in [0.717, 1.165) is 37.3 Å². The van der Waals surface area contributed by atoms with Gasteiger partial charge in [0.1, 0.15) is 0 Å². The molecule has 6 heteroatoms. The Kier molecular flexibility index (Phi) is 5.84. The molecule has 0 atom stereocenters. The summed E-state index contributed by atoms with van der Waals surface area (Å²) in [7, 11) is 0. The van der Waals surface area contributed by atoms with E-state index < -0.39 is 5.54 Å². The molecule has 0 radical (unpaired) electrons. The normalized spacial score (nSPS) is 18.3. The molecule has 6 nitrogen and oxygen atoms in total. The molecule has 0 spiro atoms. The van der Waals surface area contributed by atoms with Gasteiger partial charge in [0.2, 0.25) is 0 Å². The lowest BCUT2D eigenvalue weighted by molar-refractivity contribution is -0.131. The zero-order chi connectivity index (χ0) is 23.7. The number of nitrogens with zero attached hydrogens (tertiary/aromatic N) is 3. The summed E-state index contributed by atoms with van der Waals surface area (Å²) in [5, 5.41) is 3.04. The van der Waals surface area contributed by atoms with E-state index in [2.05, 4.69) is 47.2 Å². The van der Waals surface area contributed by atoms with Gasteiger partial charge in [-0.25, -0.2) is 9.69 Å². The van der Waals surface area contributed by atoms with E-state index in [0.29, 0.717) is 0 Å². The predicted molar refractivity (Wildman–Crippen MR) is 134 cm³/mol. The fraction of sp³-hybridized carbons (Fsp3) is 0.286. The average molecular weight is 455 g/mol. The van der Waals surface area contributed by atoms with Crippen molar-refractivity contribution in [3.05, 3.63) is 101 Å². The van der Waals surface area contributed by atoms with Crippen molar-refractivity contribution in [2.75, 3.05) is 37.7 Å². The third-order valence-electron chi connectivity index (χ3n) is 7.15. The average Bonchev–Trinajstić information content (AvgIpc) is 3.13. The highest BCUT2D eigenvalue weighted by Gasteiger charge is 2.53. The smallest absolute Gasteiger partial charge is 0.326 e. The summed E-state index contributed by atoms with van der Waals surface area (Å²) in [6.07, 6.45) is 0. The van der Waals surface area contributed by atoms with Gasteiger partial charge in [-0.15, -0.1) is 0 Å². The Morgan fingerprint density at radius 2 is 1.35 bits per heavy atom. The zero-order valence-electron chi connectivity index (χ0n) is 19.7. The van der Waals surface area contributed by atoms with Crippen molar-refractivity contribution >= 4 is 17.6 Å². The topological polar surface area (TPSA) is 55.9 Å². The summed E-state index contributed by atoms with van der Waals surface area (Å²) in [5.41, 5.74) is 4.18. The molecule has 2 fully saturated rings. The minimum Gasteiger partial charge on any atom is -0.369 e. The SMILES string of the molecule is Cc1cccc(N2CCN(CN3C(=O)NC(c4ccccc4)(c4ccccc4)C3=O)CC2)c1C. The molecule has 3 aromatic rings. The Bertz CT molecular complexity index is 1150. The maximum absolute atomic E-state index is 13.9. The molecule has 2 saturated heterocycles. The van der Waals surface area contributed by atoms with E-state index in [1.54, 1.807) is 0 Å². The molecule has 0 bridgehead atoms. The van der Waals surface area contributed by atoms with Gasteiger partial charge < -0.3 is 10.2 Å². The summed E-state index contributed by atoms with van der Waals surface area (Å²) in [5.74, 6) is -0.230. The van der Waals surface area contributed by atoms with Gasteiger partial charge in [0.25, 0.3) is 5.91 Å². The molecule has 3 amide bonds. The van der Waals surface area contributed by atoms with E-state index in [1.165, 1.54) is 21.7 Å². The summed E-state index contributed by atoms with van der Waals surface area (Å²) in [4.78, 5) is 33.0. The Morgan fingerprint density at radius 3 is 1.94 bits per heavy atom. The Hall–Kier alpha value is -3.64. The fourth-order valence-electron chi connectivity index (χ4n) is 5.05. The van der Waals surface area contributed by atoms with Gasteiger partial charge in [0.15, 0.2) is 5.54 Å². The molecule has 174 valence electrons. The van der Waals surface area contributed by atoms with Crippen molar-refractivity contribution < 1.29 is 9.59 Å². The monoisotopic (exact) mass is 454 g/mol. The van der Waals surface area contributed by atoms with Crippen LogP contribution in [0.4, 0.5) is 10.5 Å². The highest BCUT2D eigenvalue weighted by molar-refractivity contribution is 6.09. The number of anilines is 1. The van der Waals surface area contributed by atoms with Gasteiger partial charge in [-0.3, -0.25) is 9.69 Å². The molecule has 1 N–H and O–H groups in total. The molecule has 2 aliphatic heterocycles. The van der Waals surface area contributed by atoms with Crippen LogP contribution >= 0.6 is 0 Å². The van der Waals surface area contributed by atoms with Crippen molar-refractivity contribution in [1.82, 2.24) is 15.1 Å². The lowest BCUT2D eigenvalue weighted by Gasteiger charge is -2.38. The minimum atomic E-state index is -1.21. The minimum absolute atomic E-state index is 0.230. The molecule has 2 aliphatic rings. The maximum Gasteiger partial charge on any atom is 0.326 e. The van der Waals surface area contributed by atoms with Crippen LogP contribution in [0.25, 0.3) is 0 Å². The molecule has 0 unspecified atom stereocenters. The van der Waals surface area contributed by atoms with Crippen LogP contribution < -0.4 is 10.2 Å². The number of piperazine rings is 1. The van der Waals surface area contributed by atoms with Crippen LogP contribution in [0.2, 0.25) is 0 Å². The van der Waals surface area contributed by atoms with Crippen LogP contribution in [0, 0.1) is 13.8 Å². The number of hydrogen-bond donors (Lipinski definition) is 1. The second kappa shape index (κ2) is 8.95. The third kappa shape index (κ3) is 3.74. The van der Waals surface area contributed by atoms with Crippen molar-refractivity contribution in [1.29, 1.82) is 0 Å². The molecule has 0 saturated carbocycles. The molecule has 0 aliphatic carbocycles. The molecule has 2 heterocycles. The number of rotatable bonds is 5. The van der Waals surface area contributed by atoms with Gasteiger partial charge in [0, 0.05) is 31.9 Å². The molecule has 3 aromatic carbocycles. The summed E-state index contributed by atoms with van der Waals surface area (Å²) < 4.78 is 0. The number of carbonyl (C=O) groups is 2. The molecular formula is C28H30N4O2. The number of amides is 3. The highest BCUT2D eigenvalue weighted by Crippen LogP contribution is 2.36. The highest BCUT2D eigenvalue weighted by atomic mass is 16.2. The number of carbonyl (C=O) groups excluding carboxylic acids is 2. The van der Waals surface area contributed by atoms with Crippen molar-refractivity contribution in [3.63, 3.8) is 0 Å². The quantitative estimate of drug-likeness (QED) is 0.595. The van der Waals surface area contributed by atoms with Gasteiger partial charge in [0.05, 0.1) is 6.67 Å².